The van der Waals surface area contributed by atoms with E-state index in [1.165, 1.54) is 38.5 Å². The minimum Gasteiger partial charge on any atom is -0.493 e. The molecule has 1 aliphatic rings. The molecule has 0 aromatic heterocycles. The summed E-state index contributed by atoms with van der Waals surface area (Å²) in [6, 6.07) is 5.86. The molecule has 0 amide bonds. The van der Waals surface area contributed by atoms with Crippen LogP contribution in [0.3, 0.4) is 0 Å². The van der Waals surface area contributed by atoms with Crippen LogP contribution in [0.4, 0.5) is 0 Å². The van der Waals surface area contributed by atoms with Gasteiger partial charge in [0.1, 0.15) is 5.75 Å². The number of hydrogen-bond acceptors (Lipinski definition) is 1. The fourth-order valence-corrected chi connectivity index (χ4v) is 3.64. The normalized spacial score (nSPS) is 18.9. The Morgan fingerprint density at radius 1 is 1.21 bits per heavy atom. The Balaban J connectivity index is 2.04. The lowest BCUT2D eigenvalue weighted by Gasteiger charge is -2.30. The fraction of sp³-hybridized carbons (Fsp3) is 0.625. The van der Waals surface area contributed by atoms with Crippen LogP contribution in [-0.4, -0.2) is 11.9 Å². The molecule has 0 aliphatic heterocycles. The average Bonchev–Trinajstić information content (AvgIpc) is 2.66. The second kappa shape index (κ2) is 6.99. The maximum Gasteiger partial charge on any atom is 0.123 e. The molecule has 2 rings (SSSR count). The third kappa shape index (κ3) is 4.13. The molecule has 0 saturated heterocycles. The van der Waals surface area contributed by atoms with Crippen LogP contribution in [0.15, 0.2) is 18.2 Å². The second-order valence-corrected chi connectivity index (χ2v) is 6.74. The number of ether oxygens (including phenoxy) is 1. The molecule has 1 saturated carbocycles. The van der Waals surface area contributed by atoms with Crippen LogP contribution < -0.4 is 4.74 Å². The van der Waals surface area contributed by atoms with Gasteiger partial charge in [-0.1, -0.05) is 59.3 Å². The molecule has 1 fully saturated rings. The molecule has 0 atom stereocenters. The van der Waals surface area contributed by atoms with Gasteiger partial charge in [-0.05, 0) is 37.5 Å². The van der Waals surface area contributed by atoms with Crippen molar-refractivity contribution in [1.82, 2.24) is 0 Å². The Morgan fingerprint density at radius 2 is 1.89 bits per heavy atom. The Bertz CT molecular complexity index is 411. The molecule has 106 valence electrons. The maximum absolute atomic E-state index is 6.09. The molecule has 0 unspecified atom stereocenters. The largest absolute Gasteiger partial charge is 0.493 e. The monoisotopic (exact) mass is 344 g/mol. The van der Waals surface area contributed by atoms with Gasteiger partial charge < -0.3 is 4.74 Å². The van der Waals surface area contributed by atoms with E-state index < -0.39 is 0 Å². The predicted octanol–water partition coefficient (Wildman–Crippen LogP) is 5.76. The number of rotatable bonds is 4. The van der Waals surface area contributed by atoms with Crippen molar-refractivity contribution in [1.29, 1.82) is 0 Å². The van der Waals surface area contributed by atoms with Crippen LogP contribution in [0, 0.1) is 12.3 Å². The average molecular weight is 346 g/mol. The molecule has 0 bridgehead atoms. The molecule has 19 heavy (non-hydrogen) atoms. The lowest BCUT2D eigenvalue weighted by molar-refractivity contribution is 0.148. The molecule has 1 aliphatic carbocycles. The summed E-state index contributed by atoms with van der Waals surface area (Å²) in [5.41, 5.74) is 1.45. The third-order valence-electron chi connectivity index (χ3n) is 4.13. The molecule has 3 heteroatoms. The number of aryl methyl sites for hydroxylation is 1. The van der Waals surface area contributed by atoms with E-state index in [4.69, 9.17) is 16.3 Å². The fourth-order valence-electron chi connectivity index (χ4n) is 2.76. The molecule has 0 N–H and O–H groups in total. The standard InChI is InChI=1S/C16H22BrClO/c1-13-6-7-14(18)10-15(13)19-12-16(11-17)8-4-2-3-5-9-16/h6-7,10H,2-5,8-9,11-12H2,1H3. The van der Waals surface area contributed by atoms with E-state index in [1.807, 2.05) is 18.2 Å². The Kier molecular flexibility index (Phi) is 5.58. The molecule has 1 aromatic rings. The Hall–Kier alpha value is -0.210. The molecule has 0 heterocycles. The van der Waals surface area contributed by atoms with Crippen LogP contribution >= 0.6 is 27.5 Å². The third-order valence-corrected chi connectivity index (χ3v) is 5.56. The van der Waals surface area contributed by atoms with Gasteiger partial charge in [0.05, 0.1) is 6.61 Å². The van der Waals surface area contributed by atoms with Gasteiger partial charge in [0, 0.05) is 15.8 Å². The van der Waals surface area contributed by atoms with Crippen LogP contribution in [-0.2, 0) is 0 Å². The first-order chi connectivity index (χ1) is 9.15. The van der Waals surface area contributed by atoms with Crippen molar-refractivity contribution < 1.29 is 4.74 Å². The zero-order valence-corrected chi connectivity index (χ0v) is 13.9. The number of benzene rings is 1. The summed E-state index contributed by atoms with van der Waals surface area (Å²) >= 11 is 9.75. The van der Waals surface area contributed by atoms with Gasteiger partial charge in [0.25, 0.3) is 0 Å². The van der Waals surface area contributed by atoms with Crippen LogP contribution in [0.5, 0.6) is 5.75 Å². The first kappa shape index (κ1) is 15.2. The van der Waals surface area contributed by atoms with E-state index in [0.717, 1.165) is 28.3 Å². The second-order valence-electron chi connectivity index (χ2n) is 5.75. The van der Waals surface area contributed by atoms with E-state index in [9.17, 15) is 0 Å². The first-order valence-electron chi connectivity index (χ1n) is 7.10. The number of halogens is 2. The van der Waals surface area contributed by atoms with Crippen molar-refractivity contribution in [3.63, 3.8) is 0 Å². The van der Waals surface area contributed by atoms with Crippen LogP contribution in [0.2, 0.25) is 5.02 Å². The number of hydrogen-bond donors (Lipinski definition) is 0. The molecule has 0 spiro atoms. The Morgan fingerprint density at radius 3 is 2.53 bits per heavy atom. The van der Waals surface area contributed by atoms with Gasteiger partial charge in [-0.25, -0.2) is 0 Å². The summed E-state index contributed by atoms with van der Waals surface area (Å²) < 4.78 is 6.09. The summed E-state index contributed by atoms with van der Waals surface area (Å²) in [5, 5.41) is 1.77. The van der Waals surface area contributed by atoms with Gasteiger partial charge in [0.2, 0.25) is 0 Å². The van der Waals surface area contributed by atoms with Gasteiger partial charge in [-0.15, -0.1) is 0 Å². The smallest absolute Gasteiger partial charge is 0.123 e. The van der Waals surface area contributed by atoms with Crippen LogP contribution in [0.25, 0.3) is 0 Å². The highest BCUT2D eigenvalue weighted by molar-refractivity contribution is 9.09. The summed E-state index contributed by atoms with van der Waals surface area (Å²) in [6.07, 6.45) is 7.90. The molecule has 1 aromatic carbocycles. The van der Waals surface area contributed by atoms with Crippen molar-refractivity contribution in [3.05, 3.63) is 28.8 Å². The molecule has 1 nitrogen and oxygen atoms in total. The van der Waals surface area contributed by atoms with Crippen LogP contribution in [0.1, 0.15) is 44.1 Å². The van der Waals surface area contributed by atoms with Crippen molar-refractivity contribution in [2.24, 2.45) is 5.41 Å². The zero-order chi connectivity index (χ0) is 13.7. The zero-order valence-electron chi connectivity index (χ0n) is 11.6. The topological polar surface area (TPSA) is 9.23 Å². The van der Waals surface area contributed by atoms with E-state index in [-0.39, 0.29) is 0 Å². The predicted molar refractivity (Wildman–Crippen MR) is 85.6 cm³/mol. The highest BCUT2D eigenvalue weighted by Crippen LogP contribution is 2.37. The van der Waals surface area contributed by atoms with Gasteiger partial charge in [0.15, 0.2) is 0 Å². The Labute approximate surface area is 129 Å². The highest BCUT2D eigenvalue weighted by atomic mass is 79.9. The van der Waals surface area contributed by atoms with E-state index >= 15 is 0 Å². The molecular weight excluding hydrogens is 324 g/mol. The lowest BCUT2D eigenvalue weighted by Crippen LogP contribution is -2.30. The van der Waals surface area contributed by atoms with E-state index in [2.05, 4.69) is 22.9 Å². The van der Waals surface area contributed by atoms with E-state index in [0.29, 0.717) is 5.41 Å². The molecule has 0 radical (unpaired) electrons. The summed E-state index contributed by atoms with van der Waals surface area (Å²) in [6.45, 7) is 2.86. The summed E-state index contributed by atoms with van der Waals surface area (Å²) in [7, 11) is 0. The SMILES string of the molecule is Cc1ccc(Cl)cc1OCC1(CBr)CCCCCC1. The van der Waals surface area contributed by atoms with Gasteiger partial charge >= 0.3 is 0 Å². The van der Waals surface area contributed by atoms with Crippen molar-refractivity contribution in [2.45, 2.75) is 45.4 Å². The molecular formula is C16H22BrClO. The van der Waals surface area contributed by atoms with E-state index in [1.54, 1.807) is 0 Å². The maximum atomic E-state index is 6.09. The highest BCUT2D eigenvalue weighted by Gasteiger charge is 2.30. The summed E-state index contributed by atoms with van der Waals surface area (Å²) in [5.74, 6) is 0.928. The van der Waals surface area contributed by atoms with Crippen molar-refractivity contribution in [3.8, 4) is 5.75 Å². The van der Waals surface area contributed by atoms with Gasteiger partial charge in [-0.3, -0.25) is 0 Å². The first-order valence-corrected chi connectivity index (χ1v) is 8.60. The number of alkyl halides is 1. The minimum atomic E-state index is 0.297. The van der Waals surface area contributed by atoms with Crippen molar-refractivity contribution in [2.75, 3.05) is 11.9 Å². The summed E-state index contributed by atoms with van der Waals surface area (Å²) in [4.78, 5) is 0. The van der Waals surface area contributed by atoms with Crippen molar-refractivity contribution >= 4 is 27.5 Å². The minimum absolute atomic E-state index is 0.297. The van der Waals surface area contributed by atoms with Gasteiger partial charge in [-0.2, -0.15) is 0 Å². The quantitative estimate of drug-likeness (QED) is 0.498. The lowest BCUT2D eigenvalue weighted by atomic mass is 9.83.